The van der Waals surface area contributed by atoms with E-state index < -0.39 is 23.4 Å². The van der Waals surface area contributed by atoms with Crippen LogP contribution >= 0.6 is 0 Å². The predicted molar refractivity (Wildman–Crippen MR) is 84.9 cm³/mol. The van der Waals surface area contributed by atoms with Gasteiger partial charge in [-0.1, -0.05) is 0 Å². The third-order valence-electron chi connectivity index (χ3n) is 4.82. The number of hydrogen-bond donors (Lipinski definition) is 1. The molecule has 0 aromatic heterocycles. The molecule has 2 aliphatic rings. The van der Waals surface area contributed by atoms with E-state index in [0.717, 1.165) is 24.2 Å². The van der Waals surface area contributed by atoms with Crippen molar-refractivity contribution in [2.75, 3.05) is 13.2 Å². The summed E-state index contributed by atoms with van der Waals surface area (Å²) in [6.45, 7) is 6.34. The number of nitrogens with one attached hydrogen (secondary N) is 1. The zero-order valence-corrected chi connectivity index (χ0v) is 14.6. The van der Waals surface area contributed by atoms with E-state index in [4.69, 9.17) is 4.74 Å². The summed E-state index contributed by atoms with van der Waals surface area (Å²) in [7, 11) is 0. The van der Waals surface area contributed by atoms with Crippen LogP contribution in [0.1, 0.15) is 47.0 Å². The molecule has 2 atom stereocenters. The number of amides is 4. The van der Waals surface area contributed by atoms with Gasteiger partial charge in [-0.2, -0.15) is 0 Å². The van der Waals surface area contributed by atoms with E-state index in [2.05, 4.69) is 5.32 Å². The lowest BCUT2D eigenvalue weighted by Gasteiger charge is -2.38. The number of carbonyl (C=O) groups excluding carboxylic acids is 4. The molecule has 0 radical (unpaired) electrons. The highest BCUT2D eigenvalue weighted by atomic mass is 16.5. The number of rotatable bonds is 4. The Morgan fingerprint density at radius 3 is 2.29 bits per heavy atom. The normalized spacial score (nSPS) is 26.3. The molecule has 0 aliphatic carbocycles. The Bertz CT molecular complexity index is 550. The molecule has 2 heterocycles. The standard InChI is InChI=1S/C16H25N3O5/c1-10-6-5-7-11(2)19(10)12(20)9-24-13(21)8-18-15(23)17-14(22)16(18,3)4/h10-11H,5-9H2,1-4H3,(H,17,22,23). The molecule has 0 bridgehead atoms. The molecule has 1 N–H and O–H groups in total. The Morgan fingerprint density at radius 2 is 1.79 bits per heavy atom. The molecule has 24 heavy (non-hydrogen) atoms. The van der Waals surface area contributed by atoms with Crippen LogP contribution in [0, 0.1) is 0 Å². The molecule has 8 nitrogen and oxygen atoms in total. The lowest BCUT2D eigenvalue weighted by molar-refractivity contribution is -0.155. The Hall–Kier alpha value is -2.12. The van der Waals surface area contributed by atoms with Gasteiger partial charge >= 0.3 is 12.0 Å². The Balaban J connectivity index is 1.88. The van der Waals surface area contributed by atoms with E-state index in [1.54, 1.807) is 18.7 Å². The molecule has 0 aromatic carbocycles. The molecule has 8 heteroatoms. The van der Waals surface area contributed by atoms with Crippen molar-refractivity contribution in [3.63, 3.8) is 0 Å². The van der Waals surface area contributed by atoms with E-state index in [1.165, 1.54) is 0 Å². The molecule has 2 unspecified atom stereocenters. The summed E-state index contributed by atoms with van der Waals surface area (Å²) in [5.41, 5.74) is -1.12. The smallest absolute Gasteiger partial charge is 0.326 e. The summed E-state index contributed by atoms with van der Waals surface area (Å²) in [5.74, 6) is -1.41. The van der Waals surface area contributed by atoms with E-state index in [1.807, 2.05) is 13.8 Å². The Labute approximate surface area is 141 Å². The highest BCUT2D eigenvalue weighted by Gasteiger charge is 2.46. The van der Waals surface area contributed by atoms with Crippen molar-refractivity contribution >= 4 is 23.8 Å². The lowest BCUT2D eigenvalue weighted by atomic mass is 9.97. The number of piperidine rings is 1. The first-order chi connectivity index (χ1) is 11.1. The van der Waals surface area contributed by atoms with Gasteiger partial charge in [0.15, 0.2) is 6.61 Å². The van der Waals surface area contributed by atoms with Crippen molar-refractivity contribution in [1.82, 2.24) is 15.1 Å². The van der Waals surface area contributed by atoms with Gasteiger partial charge < -0.3 is 9.64 Å². The third kappa shape index (κ3) is 3.52. The van der Waals surface area contributed by atoms with Crippen LogP contribution in [-0.4, -0.2) is 64.4 Å². The van der Waals surface area contributed by atoms with Crippen molar-refractivity contribution in [2.24, 2.45) is 0 Å². The summed E-state index contributed by atoms with van der Waals surface area (Å²) < 4.78 is 5.03. The molecule has 0 aromatic rings. The second-order valence-corrected chi connectivity index (χ2v) is 7.00. The minimum Gasteiger partial charge on any atom is -0.454 e. The average Bonchev–Trinajstić information content (AvgIpc) is 2.67. The molecule has 2 aliphatic heterocycles. The van der Waals surface area contributed by atoms with Crippen LogP contribution in [0.15, 0.2) is 0 Å². The summed E-state index contributed by atoms with van der Waals surface area (Å²) in [4.78, 5) is 50.5. The molecule has 0 saturated carbocycles. The van der Waals surface area contributed by atoms with E-state index >= 15 is 0 Å². The average molecular weight is 339 g/mol. The lowest BCUT2D eigenvalue weighted by Crippen LogP contribution is -2.50. The van der Waals surface area contributed by atoms with Gasteiger partial charge in [-0.3, -0.25) is 24.6 Å². The second kappa shape index (κ2) is 6.78. The Kier molecular flexibility index (Phi) is 5.15. The van der Waals surface area contributed by atoms with Crippen molar-refractivity contribution in [3.05, 3.63) is 0 Å². The topological polar surface area (TPSA) is 96.0 Å². The molecular weight excluding hydrogens is 314 g/mol. The van der Waals surface area contributed by atoms with Crippen molar-refractivity contribution in [2.45, 2.75) is 64.6 Å². The number of carbonyl (C=O) groups is 4. The number of hydrogen-bond acceptors (Lipinski definition) is 5. The quantitative estimate of drug-likeness (QED) is 0.599. The SMILES string of the molecule is CC1CCCC(C)N1C(=O)COC(=O)CN1C(=O)NC(=O)C1(C)C. The van der Waals surface area contributed by atoms with Crippen molar-refractivity contribution in [3.8, 4) is 0 Å². The number of nitrogens with zero attached hydrogens (tertiary/aromatic N) is 2. The van der Waals surface area contributed by atoms with Crippen LogP contribution in [-0.2, 0) is 19.1 Å². The van der Waals surface area contributed by atoms with Gasteiger partial charge in [-0.25, -0.2) is 4.79 Å². The first-order valence-corrected chi connectivity index (χ1v) is 8.24. The van der Waals surface area contributed by atoms with Gasteiger partial charge in [0.05, 0.1) is 0 Å². The van der Waals surface area contributed by atoms with Crippen LogP contribution in [0.3, 0.4) is 0 Å². The number of urea groups is 1. The summed E-state index contributed by atoms with van der Waals surface area (Å²) in [6.07, 6.45) is 2.96. The minimum absolute atomic E-state index is 0.126. The fraction of sp³-hybridized carbons (Fsp3) is 0.750. The number of imide groups is 1. The first kappa shape index (κ1) is 18.2. The first-order valence-electron chi connectivity index (χ1n) is 8.24. The van der Waals surface area contributed by atoms with E-state index in [0.29, 0.717) is 0 Å². The minimum atomic E-state index is -1.12. The molecule has 2 fully saturated rings. The number of esters is 1. The maximum Gasteiger partial charge on any atom is 0.326 e. The highest BCUT2D eigenvalue weighted by Crippen LogP contribution is 2.23. The van der Waals surface area contributed by atoms with Gasteiger partial charge in [0.25, 0.3) is 11.8 Å². The van der Waals surface area contributed by atoms with Gasteiger partial charge in [0.1, 0.15) is 12.1 Å². The van der Waals surface area contributed by atoms with Crippen molar-refractivity contribution < 1.29 is 23.9 Å². The van der Waals surface area contributed by atoms with Crippen LogP contribution in [0.5, 0.6) is 0 Å². The summed E-state index contributed by atoms with van der Waals surface area (Å²) in [6, 6.07) is -0.381. The van der Waals surface area contributed by atoms with Crippen molar-refractivity contribution in [1.29, 1.82) is 0 Å². The molecule has 4 amide bonds. The van der Waals surface area contributed by atoms with Crippen LogP contribution in [0.25, 0.3) is 0 Å². The van der Waals surface area contributed by atoms with Crippen LogP contribution in [0.4, 0.5) is 4.79 Å². The number of ether oxygens (including phenoxy) is 1. The summed E-state index contributed by atoms with van der Waals surface area (Å²) >= 11 is 0. The van der Waals surface area contributed by atoms with Gasteiger partial charge in [-0.15, -0.1) is 0 Å². The van der Waals surface area contributed by atoms with Gasteiger partial charge in [-0.05, 0) is 47.0 Å². The molecule has 2 rings (SSSR count). The van der Waals surface area contributed by atoms with E-state index in [9.17, 15) is 19.2 Å². The molecule has 0 spiro atoms. The zero-order valence-electron chi connectivity index (χ0n) is 14.6. The maximum atomic E-state index is 12.3. The largest absolute Gasteiger partial charge is 0.454 e. The fourth-order valence-electron chi connectivity index (χ4n) is 3.27. The predicted octanol–water partition coefficient (Wildman–Crippen LogP) is 0.650. The van der Waals surface area contributed by atoms with Crippen LogP contribution < -0.4 is 5.32 Å². The molecule has 2 saturated heterocycles. The second-order valence-electron chi connectivity index (χ2n) is 7.00. The van der Waals surface area contributed by atoms with Gasteiger partial charge in [0, 0.05) is 12.1 Å². The summed E-state index contributed by atoms with van der Waals surface area (Å²) in [5, 5.41) is 2.16. The highest BCUT2D eigenvalue weighted by molar-refractivity contribution is 6.07. The molecule has 134 valence electrons. The maximum absolute atomic E-state index is 12.3. The Morgan fingerprint density at radius 1 is 1.21 bits per heavy atom. The van der Waals surface area contributed by atoms with Gasteiger partial charge in [0.2, 0.25) is 0 Å². The fourth-order valence-corrected chi connectivity index (χ4v) is 3.27. The van der Waals surface area contributed by atoms with E-state index in [-0.39, 0.29) is 31.1 Å². The van der Waals surface area contributed by atoms with Crippen LogP contribution in [0.2, 0.25) is 0 Å². The third-order valence-corrected chi connectivity index (χ3v) is 4.82. The molecular formula is C16H25N3O5. The monoisotopic (exact) mass is 339 g/mol. The number of likely N-dealkylation sites (tertiary alicyclic amines) is 1. The zero-order chi connectivity index (χ0) is 18.1.